The van der Waals surface area contributed by atoms with Gasteiger partial charge in [0.15, 0.2) is 0 Å². The maximum absolute atomic E-state index is 12.2. The molecule has 3 unspecified atom stereocenters. The first-order valence-corrected chi connectivity index (χ1v) is 6.93. The van der Waals surface area contributed by atoms with Gasteiger partial charge in [0.2, 0.25) is 5.91 Å². The average molecular weight is 299 g/mol. The molecule has 0 bridgehead atoms. The van der Waals surface area contributed by atoms with Crippen LogP contribution in [0.2, 0.25) is 0 Å². The topological polar surface area (TPSA) is 61.4 Å². The number of carbonyl (C=O) groups is 1. The van der Waals surface area contributed by atoms with Gasteiger partial charge in [0.25, 0.3) is 0 Å². The molecule has 1 saturated heterocycles. The standard InChI is InChI=1S/C15H22N2O2.ClH/c1-2-13(11-6-4-3-5-7-11)15(19)17-9-12-8-16-10-14(12)18;/h3-7,12-14,16,18H,2,8-10H2,1H3,(H,17,19);1H. The number of rotatable bonds is 5. The van der Waals surface area contributed by atoms with E-state index in [1.54, 1.807) is 0 Å². The number of benzene rings is 1. The zero-order valence-corrected chi connectivity index (χ0v) is 12.5. The lowest BCUT2D eigenvalue weighted by molar-refractivity contribution is -0.122. The molecule has 3 N–H and O–H groups in total. The lowest BCUT2D eigenvalue weighted by Crippen LogP contribution is -2.36. The summed E-state index contributed by atoms with van der Waals surface area (Å²) in [6, 6.07) is 9.83. The van der Waals surface area contributed by atoms with E-state index < -0.39 is 0 Å². The van der Waals surface area contributed by atoms with Crippen molar-refractivity contribution in [3.8, 4) is 0 Å². The van der Waals surface area contributed by atoms with Crippen molar-refractivity contribution in [1.82, 2.24) is 10.6 Å². The predicted octanol–water partition coefficient (Wildman–Crippen LogP) is 1.30. The SMILES string of the molecule is CCC(C(=O)NCC1CNCC1O)c1ccccc1.Cl. The Hall–Kier alpha value is -1.10. The maximum atomic E-state index is 12.2. The molecule has 1 fully saturated rings. The molecule has 112 valence electrons. The van der Waals surface area contributed by atoms with Gasteiger partial charge in [-0.2, -0.15) is 0 Å². The minimum Gasteiger partial charge on any atom is -0.391 e. The molecule has 1 amide bonds. The second-order valence-electron chi connectivity index (χ2n) is 5.10. The van der Waals surface area contributed by atoms with E-state index in [0.717, 1.165) is 18.5 Å². The lowest BCUT2D eigenvalue weighted by atomic mass is 9.95. The smallest absolute Gasteiger partial charge is 0.227 e. The fourth-order valence-electron chi connectivity index (χ4n) is 2.54. The largest absolute Gasteiger partial charge is 0.391 e. The summed E-state index contributed by atoms with van der Waals surface area (Å²) >= 11 is 0. The van der Waals surface area contributed by atoms with Gasteiger partial charge in [-0.05, 0) is 12.0 Å². The van der Waals surface area contributed by atoms with E-state index >= 15 is 0 Å². The molecule has 0 aromatic heterocycles. The van der Waals surface area contributed by atoms with Crippen molar-refractivity contribution in [3.05, 3.63) is 35.9 Å². The summed E-state index contributed by atoms with van der Waals surface area (Å²) in [4.78, 5) is 12.2. The normalized spacial score (nSPS) is 22.9. The second kappa shape index (κ2) is 8.25. The van der Waals surface area contributed by atoms with Crippen LogP contribution in [0.15, 0.2) is 30.3 Å². The predicted molar refractivity (Wildman–Crippen MR) is 82.1 cm³/mol. The van der Waals surface area contributed by atoms with E-state index in [2.05, 4.69) is 10.6 Å². The molecule has 1 aliphatic rings. The minimum absolute atomic E-state index is 0. The quantitative estimate of drug-likeness (QED) is 0.768. The number of aliphatic hydroxyl groups is 1. The fraction of sp³-hybridized carbons (Fsp3) is 0.533. The van der Waals surface area contributed by atoms with E-state index in [4.69, 9.17) is 0 Å². The molecule has 0 radical (unpaired) electrons. The molecule has 0 aliphatic carbocycles. The molecule has 1 aromatic carbocycles. The number of carbonyl (C=O) groups excluding carboxylic acids is 1. The summed E-state index contributed by atoms with van der Waals surface area (Å²) in [7, 11) is 0. The number of nitrogens with one attached hydrogen (secondary N) is 2. The molecule has 1 heterocycles. The van der Waals surface area contributed by atoms with Crippen LogP contribution in [0, 0.1) is 5.92 Å². The van der Waals surface area contributed by atoms with Crippen LogP contribution in [0.1, 0.15) is 24.8 Å². The van der Waals surface area contributed by atoms with Gasteiger partial charge in [-0.1, -0.05) is 37.3 Å². The molecule has 4 nitrogen and oxygen atoms in total. The van der Waals surface area contributed by atoms with E-state index in [1.165, 1.54) is 0 Å². The van der Waals surface area contributed by atoms with Crippen molar-refractivity contribution in [2.24, 2.45) is 5.92 Å². The van der Waals surface area contributed by atoms with Crippen LogP contribution < -0.4 is 10.6 Å². The highest BCUT2D eigenvalue weighted by Gasteiger charge is 2.26. The van der Waals surface area contributed by atoms with Crippen molar-refractivity contribution < 1.29 is 9.90 Å². The molecule has 0 saturated carbocycles. The fourth-order valence-corrected chi connectivity index (χ4v) is 2.54. The zero-order valence-electron chi connectivity index (χ0n) is 11.7. The van der Waals surface area contributed by atoms with Crippen LogP contribution in [-0.2, 0) is 4.79 Å². The molecule has 1 aliphatic heterocycles. The van der Waals surface area contributed by atoms with E-state index in [1.807, 2.05) is 37.3 Å². The second-order valence-corrected chi connectivity index (χ2v) is 5.10. The van der Waals surface area contributed by atoms with Gasteiger partial charge < -0.3 is 15.7 Å². The van der Waals surface area contributed by atoms with Gasteiger partial charge >= 0.3 is 0 Å². The van der Waals surface area contributed by atoms with Crippen LogP contribution in [0.5, 0.6) is 0 Å². The van der Waals surface area contributed by atoms with Gasteiger partial charge in [0, 0.05) is 25.6 Å². The van der Waals surface area contributed by atoms with Crippen LogP contribution in [0.3, 0.4) is 0 Å². The Morgan fingerprint density at radius 2 is 2.10 bits per heavy atom. The summed E-state index contributed by atoms with van der Waals surface area (Å²) < 4.78 is 0. The molecule has 1 aromatic rings. The van der Waals surface area contributed by atoms with E-state index in [9.17, 15) is 9.90 Å². The maximum Gasteiger partial charge on any atom is 0.227 e. The third kappa shape index (κ3) is 4.20. The van der Waals surface area contributed by atoms with E-state index in [0.29, 0.717) is 13.1 Å². The Balaban J connectivity index is 0.00000200. The summed E-state index contributed by atoms with van der Waals surface area (Å²) in [5.41, 5.74) is 1.05. The van der Waals surface area contributed by atoms with Crippen LogP contribution >= 0.6 is 12.4 Å². The molecular weight excluding hydrogens is 276 g/mol. The number of β-amino-alcohol motifs (C(OH)–C–C–N with tert-alkyl or cyclic N) is 1. The number of halogens is 1. The Bertz CT molecular complexity index is 414. The number of aliphatic hydroxyl groups excluding tert-OH is 1. The zero-order chi connectivity index (χ0) is 13.7. The molecule has 2 rings (SSSR count). The Kier molecular flexibility index (Phi) is 6.99. The Morgan fingerprint density at radius 3 is 2.65 bits per heavy atom. The van der Waals surface area contributed by atoms with Crippen molar-refractivity contribution in [3.63, 3.8) is 0 Å². The van der Waals surface area contributed by atoms with Crippen molar-refractivity contribution in [1.29, 1.82) is 0 Å². The molecule has 3 atom stereocenters. The minimum atomic E-state index is -0.350. The highest BCUT2D eigenvalue weighted by molar-refractivity contribution is 5.85. The monoisotopic (exact) mass is 298 g/mol. The molecule has 5 heteroatoms. The summed E-state index contributed by atoms with van der Waals surface area (Å²) in [6.07, 6.45) is 0.429. The summed E-state index contributed by atoms with van der Waals surface area (Å²) in [6.45, 7) is 3.94. The van der Waals surface area contributed by atoms with Gasteiger partial charge in [0.05, 0.1) is 12.0 Å². The molecule has 20 heavy (non-hydrogen) atoms. The Morgan fingerprint density at radius 1 is 1.40 bits per heavy atom. The highest BCUT2D eigenvalue weighted by atomic mass is 35.5. The van der Waals surface area contributed by atoms with Crippen LogP contribution in [-0.4, -0.2) is 36.8 Å². The van der Waals surface area contributed by atoms with Crippen molar-refractivity contribution in [2.75, 3.05) is 19.6 Å². The first-order valence-electron chi connectivity index (χ1n) is 6.93. The van der Waals surface area contributed by atoms with Gasteiger partial charge in [0.1, 0.15) is 0 Å². The third-order valence-electron chi connectivity index (χ3n) is 3.77. The average Bonchev–Trinajstić information content (AvgIpc) is 2.84. The Labute approximate surface area is 126 Å². The van der Waals surface area contributed by atoms with Crippen molar-refractivity contribution >= 4 is 18.3 Å². The van der Waals surface area contributed by atoms with Crippen LogP contribution in [0.4, 0.5) is 0 Å². The summed E-state index contributed by atoms with van der Waals surface area (Å²) in [5.74, 6) is 0.0673. The molecule has 0 spiro atoms. The number of hydrogen-bond acceptors (Lipinski definition) is 3. The van der Waals surface area contributed by atoms with Crippen LogP contribution in [0.25, 0.3) is 0 Å². The first-order chi connectivity index (χ1) is 9.22. The van der Waals surface area contributed by atoms with Crippen molar-refractivity contribution in [2.45, 2.75) is 25.4 Å². The molecular formula is C15H23ClN2O2. The van der Waals surface area contributed by atoms with Gasteiger partial charge in [-0.3, -0.25) is 4.79 Å². The first kappa shape index (κ1) is 17.0. The summed E-state index contributed by atoms with van der Waals surface area (Å²) in [5, 5.41) is 15.8. The van der Waals surface area contributed by atoms with Gasteiger partial charge in [-0.15, -0.1) is 12.4 Å². The number of amides is 1. The number of hydrogen-bond donors (Lipinski definition) is 3. The van der Waals surface area contributed by atoms with Gasteiger partial charge in [-0.25, -0.2) is 0 Å². The highest BCUT2D eigenvalue weighted by Crippen LogP contribution is 2.19. The third-order valence-corrected chi connectivity index (χ3v) is 3.77. The lowest BCUT2D eigenvalue weighted by Gasteiger charge is -2.18. The van der Waals surface area contributed by atoms with E-state index in [-0.39, 0.29) is 36.3 Å².